The van der Waals surface area contributed by atoms with Crippen molar-refractivity contribution in [1.82, 2.24) is 10.2 Å². The Labute approximate surface area is 110 Å². The Kier molecular flexibility index (Phi) is 4.61. The van der Waals surface area contributed by atoms with Crippen LogP contribution in [0.15, 0.2) is 18.2 Å². The molecule has 0 amide bonds. The number of ether oxygens (including phenoxy) is 1. The number of piperazine rings is 1. The van der Waals surface area contributed by atoms with Crippen LogP contribution < -0.4 is 10.1 Å². The summed E-state index contributed by atoms with van der Waals surface area (Å²) in [4.78, 5) is 2.52. The summed E-state index contributed by atoms with van der Waals surface area (Å²) >= 11 is 0. The van der Waals surface area contributed by atoms with Gasteiger partial charge in [0.25, 0.3) is 0 Å². The first-order chi connectivity index (χ1) is 8.72. The molecule has 1 aliphatic rings. The maximum Gasteiger partial charge on any atom is 0.122 e. The van der Waals surface area contributed by atoms with E-state index in [1.165, 1.54) is 11.1 Å². The van der Waals surface area contributed by atoms with Crippen molar-refractivity contribution in [3.05, 3.63) is 29.3 Å². The second-order valence-corrected chi connectivity index (χ2v) is 5.09. The summed E-state index contributed by atoms with van der Waals surface area (Å²) in [6, 6.07) is 7.17. The molecule has 1 heterocycles. The molecule has 0 radical (unpaired) electrons. The van der Waals surface area contributed by atoms with Crippen molar-refractivity contribution >= 4 is 0 Å². The summed E-state index contributed by atoms with van der Waals surface area (Å²) in [5.41, 5.74) is 2.69. The van der Waals surface area contributed by atoms with Crippen LogP contribution >= 0.6 is 0 Å². The molecular formula is C15H24N2O. The summed E-state index contributed by atoms with van der Waals surface area (Å²) in [6.07, 6.45) is 1.02. The quantitative estimate of drug-likeness (QED) is 0.882. The van der Waals surface area contributed by atoms with Gasteiger partial charge in [0, 0.05) is 32.2 Å². The lowest BCUT2D eigenvalue weighted by molar-refractivity contribution is 0.199. The molecule has 0 aliphatic carbocycles. The van der Waals surface area contributed by atoms with Crippen LogP contribution in [0.25, 0.3) is 0 Å². The van der Waals surface area contributed by atoms with Gasteiger partial charge in [0.05, 0.1) is 7.11 Å². The zero-order chi connectivity index (χ0) is 13.0. The van der Waals surface area contributed by atoms with E-state index in [1.807, 2.05) is 0 Å². The number of aryl methyl sites for hydroxylation is 1. The summed E-state index contributed by atoms with van der Waals surface area (Å²) in [7, 11) is 1.74. The molecule has 3 heteroatoms. The molecule has 1 atom stereocenters. The second-order valence-electron chi connectivity index (χ2n) is 5.09. The average molecular weight is 248 g/mol. The SMILES string of the molecule is CCc1cc(CN2CCNC(C)C2)ccc1OC. The van der Waals surface area contributed by atoms with E-state index in [2.05, 4.69) is 42.3 Å². The number of benzene rings is 1. The third-order valence-corrected chi connectivity index (χ3v) is 3.58. The predicted molar refractivity (Wildman–Crippen MR) is 75.1 cm³/mol. The molecule has 0 bridgehead atoms. The van der Waals surface area contributed by atoms with E-state index in [0.717, 1.165) is 38.3 Å². The Morgan fingerprint density at radius 1 is 1.44 bits per heavy atom. The molecule has 1 aliphatic heterocycles. The van der Waals surface area contributed by atoms with Crippen LogP contribution in [0.1, 0.15) is 25.0 Å². The fourth-order valence-electron chi connectivity index (χ4n) is 2.62. The van der Waals surface area contributed by atoms with E-state index in [-0.39, 0.29) is 0 Å². The lowest BCUT2D eigenvalue weighted by atomic mass is 10.1. The van der Waals surface area contributed by atoms with Crippen molar-refractivity contribution in [2.45, 2.75) is 32.9 Å². The van der Waals surface area contributed by atoms with Gasteiger partial charge in [-0.25, -0.2) is 0 Å². The van der Waals surface area contributed by atoms with Gasteiger partial charge in [0.2, 0.25) is 0 Å². The summed E-state index contributed by atoms with van der Waals surface area (Å²) in [6.45, 7) is 8.83. The minimum atomic E-state index is 0.600. The number of methoxy groups -OCH3 is 1. The maximum atomic E-state index is 5.37. The van der Waals surface area contributed by atoms with Gasteiger partial charge in [-0.3, -0.25) is 4.90 Å². The molecule has 1 unspecified atom stereocenters. The Bertz CT molecular complexity index is 392. The third kappa shape index (κ3) is 3.24. The van der Waals surface area contributed by atoms with Crippen LogP contribution in [-0.4, -0.2) is 37.7 Å². The molecule has 1 saturated heterocycles. The van der Waals surface area contributed by atoms with Crippen LogP contribution in [0, 0.1) is 0 Å². The highest BCUT2D eigenvalue weighted by Gasteiger charge is 2.15. The van der Waals surface area contributed by atoms with E-state index in [4.69, 9.17) is 4.74 Å². The van der Waals surface area contributed by atoms with Crippen molar-refractivity contribution in [3.63, 3.8) is 0 Å². The molecule has 1 N–H and O–H groups in total. The van der Waals surface area contributed by atoms with Gasteiger partial charge in [0.15, 0.2) is 0 Å². The molecule has 1 aromatic carbocycles. The van der Waals surface area contributed by atoms with E-state index < -0.39 is 0 Å². The smallest absolute Gasteiger partial charge is 0.122 e. The van der Waals surface area contributed by atoms with Gasteiger partial charge in [0.1, 0.15) is 5.75 Å². The minimum Gasteiger partial charge on any atom is -0.496 e. The van der Waals surface area contributed by atoms with Crippen LogP contribution in [0.2, 0.25) is 0 Å². The monoisotopic (exact) mass is 248 g/mol. The fourth-order valence-corrected chi connectivity index (χ4v) is 2.62. The molecule has 18 heavy (non-hydrogen) atoms. The van der Waals surface area contributed by atoms with Gasteiger partial charge >= 0.3 is 0 Å². The first kappa shape index (κ1) is 13.4. The van der Waals surface area contributed by atoms with Crippen molar-refractivity contribution in [2.24, 2.45) is 0 Å². The zero-order valence-corrected chi connectivity index (χ0v) is 11.7. The normalized spacial score (nSPS) is 20.9. The standard InChI is InChI=1S/C15H24N2O/c1-4-14-9-13(5-6-15(14)18-3)11-17-8-7-16-12(2)10-17/h5-6,9,12,16H,4,7-8,10-11H2,1-3H3. The van der Waals surface area contributed by atoms with Gasteiger partial charge < -0.3 is 10.1 Å². The molecule has 1 aromatic rings. The highest BCUT2D eigenvalue weighted by Crippen LogP contribution is 2.21. The molecular weight excluding hydrogens is 224 g/mol. The Morgan fingerprint density at radius 3 is 2.94 bits per heavy atom. The number of hydrogen-bond acceptors (Lipinski definition) is 3. The van der Waals surface area contributed by atoms with Gasteiger partial charge in [-0.15, -0.1) is 0 Å². The second kappa shape index (κ2) is 6.21. The third-order valence-electron chi connectivity index (χ3n) is 3.58. The van der Waals surface area contributed by atoms with E-state index >= 15 is 0 Å². The molecule has 3 nitrogen and oxygen atoms in total. The molecule has 100 valence electrons. The first-order valence-electron chi connectivity index (χ1n) is 6.84. The molecule has 0 spiro atoms. The lowest BCUT2D eigenvalue weighted by Gasteiger charge is -2.31. The van der Waals surface area contributed by atoms with Gasteiger partial charge in [-0.2, -0.15) is 0 Å². The highest BCUT2D eigenvalue weighted by molar-refractivity contribution is 5.37. The summed E-state index contributed by atoms with van der Waals surface area (Å²) in [5, 5.41) is 3.48. The van der Waals surface area contributed by atoms with Crippen LogP contribution in [-0.2, 0) is 13.0 Å². The van der Waals surface area contributed by atoms with E-state index in [9.17, 15) is 0 Å². The molecule has 1 fully saturated rings. The predicted octanol–water partition coefficient (Wildman–Crippen LogP) is 2.05. The lowest BCUT2D eigenvalue weighted by Crippen LogP contribution is -2.48. The molecule has 2 rings (SSSR count). The first-order valence-corrected chi connectivity index (χ1v) is 6.84. The molecule has 0 aromatic heterocycles. The number of hydrogen-bond donors (Lipinski definition) is 1. The van der Waals surface area contributed by atoms with Gasteiger partial charge in [-0.05, 0) is 30.5 Å². The fraction of sp³-hybridized carbons (Fsp3) is 0.600. The average Bonchev–Trinajstić information content (AvgIpc) is 2.38. The van der Waals surface area contributed by atoms with Crippen molar-refractivity contribution in [1.29, 1.82) is 0 Å². The summed E-state index contributed by atoms with van der Waals surface area (Å²) < 4.78 is 5.37. The van der Waals surface area contributed by atoms with Crippen molar-refractivity contribution < 1.29 is 4.74 Å². The van der Waals surface area contributed by atoms with E-state index in [0.29, 0.717) is 6.04 Å². The number of rotatable bonds is 4. The van der Waals surface area contributed by atoms with Crippen molar-refractivity contribution in [3.8, 4) is 5.75 Å². The Morgan fingerprint density at radius 2 is 2.28 bits per heavy atom. The van der Waals surface area contributed by atoms with Crippen LogP contribution in [0.3, 0.4) is 0 Å². The van der Waals surface area contributed by atoms with Crippen LogP contribution in [0.5, 0.6) is 5.75 Å². The largest absolute Gasteiger partial charge is 0.496 e. The number of nitrogens with zero attached hydrogens (tertiary/aromatic N) is 1. The topological polar surface area (TPSA) is 24.5 Å². The van der Waals surface area contributed by atoms with E-state index in [1.54, 1.807) is 7.11 Å². The van der Waals surface area contributed by atoms with Crippen molar-refractivity contribution in [2.75, 3.05) is 26.7 Å². The maximum absolute atomic E-state index is 5.37. The Hall–Kier alpha value is -1.06. The molecule has 0 saturated carbocycles. The highest BCUT2D eigenvalue weighted by atomic mass is 16.5. The number of nitrogens with one attached hydrogen (secondary N) is 1. The minimum absolute atomic E-state index is 0.600. The summed E-state index contributed by atoms with van der Waals surface area (Å²) in [5.74, 6) is 1.01. The zero-order valence-electron chi connectivity index (χ0n) is 11.7. The van der Waals surface area contributed by atoms with Crippen LogP contribution in [0.4, 0.5) is 0 Å². The Balaban J connectivity index is 2.04. The van der Waals surface area contributed by atoms with Gasteiger partial charge in [-0.1, -0.05) is 19.1 Å².